The van der Waals surface area contributed by atoms with Gasteiger partial charge in [-0.2, -0.15) is 0 Å². The smallest absolute Gasteiger partial charge is 0.314 e. The molecule has 0 bridgehead atoms. The molecule has 0 aromatic carbocycles. The first-order valence-corrected chi connectivity index (χ1v) is 28.1. The Morgan fingerprint density at radius 1 is 0.744 bits per heavy atom. The molecule has 4 aliphatic carbocycles. The predicted molar refractivity (Wildman–Crippen MR) is 270 cm³/mol. The summed E-state index contributed by atoms with van der Waals surface area (Å²) >= 11 is 0. The Balaban J connectivity index is 0.885. The van der Waals surface area contributed by atoms with Crippen LogP contribution in [0.25, 0.3) is 0 Å². The number of carbonyl (C=O) groups is 2. The highest BCUT2D eigenvalue weighted by atomic mass is 16.8. The van der Waals surface area contributed by atoms with Gasteiger partial charge in [-0.05, 0) is 102 Å². The molecule has 22 heteroatoms. The van der Waals surface area contributed by atoms with E-state index in [2.05, 4.69) is 53.7 Å². The average Bonchev–Trinajstić information content (AvgIpc) is 3.62. The number of ether oxygens (including phenoxy) is 11. The van der Waals surface area contributed by atoms with E-state index < -0.39 is 164 Å². The molecule has 444 valence electrons. The lowest BCUT2D eigenvalue weighted by Crippen LogP contribution is -2.65. The maximum absolute atomic E-state index is 14.6. The van der Waals surface area contributed by atoms with Crippen molar-refractivity contribution in [2.24, 2.45) is 45.3 Å². The van der Waals surface area contributed by atoms with Crippen LogP contribution in [0, 0.1) is 45.3 Å². The second kappa shape index (κ2) is 22.7. The van der Waals surface area contributed by atoms with Crippen LogP contribution in [-0.2, 0) is 61.7 Å². The number of hydrogen-bond donors (Lipinski definition) is 9. The van der Waals surface area contributed by atoms with E-state index in [1.165, 1.54) is 32.1 Å². The molecule has 3 saturated carbocycles. The van der Waals surface area contributed by atoms with Gasteiger partial charge >= 0.3 is 11.9 Å². The molecule has 0 aromatic rings. The van der Waals surface area contributed by atoms with E-state index in [0.717, 1.165) is 19.3 Å². The Kier molecular flexibility index (Phi) is 17.5. The van der Waals surface area contributed by atoms with Gasteiger partial charge in [0.1, 0.15) is 78.8 Å². The highest BCUT2D eigenvalue weighted by Crippen LogP contribution is 2.77. The Morgan fingerprint density at radius 2 is 1.41 bits per heavy atom. The number of rotatable bonds is 15. The highest BCUT2D eigenvalue weighted by molar-refractivity contribution is 5.84. The molecule has 27 atom stereocenters. The molecule has 22 nitrogen and oxygen atoms in total. The summed E-state index contributed by atoms with van der Waals surface area (Å²) in [5.41, 5.74) is -0.566. The number of allylic oxidation sites excluding steroid dienone is 4. The fraction of sp³-hybridized carbons (Fsp3) is 0.893. The Labute approximate surface area is 456 Å². The van der Waals surface area contributed by atoms with Crippen molar-refractivity contribution in [2.75, 3.05) is 33.5 Å². The van der Waals surface area contributed by atoms with E-state index in [0.29, 0.717) is 32.1 Å². The lowest BCUT2D eigenvalue weighted by atomic mass is 9.41. The van der Waals surface area contributed by atoms with Gasteiger partial charge in [0.15, 0.2) is 25.2 Å². The number of hydrogen-bond acceptors (Lipinski definition) is 22. The number of aliphatic hydroxyl groups excluding tert-OH is 9. The van der Waals surface area contributed by atoms with Gasteiger partial charge in [0.05, 0.1) is 56.1 Å². The number of methoxy groups -OCH3 is 1. The molecule has 9 N–H and O–H groups in total. The first-order valence-electron chi connectivity index (χ1n) is 28.1. The quantitative estimate of drug-likeness (QED) is 0.0817. The number of fused-ring (bicyclic) bond motifs is 4. The number of aliphatic hydroxyl groups is 9. The number of cyclic esters (lactones) is 1. The predicted octanol–water partition coefficient (Wildman–Crippen LogP) is 1.04. The van der Waals surface area contributed by atoms with Crippen LogP contribution >= 0.6 is 0 Å². The lowest BCUT2D eigenvalue weighted by Gasteiger charge is -2.64. The van der Waals surface area contributed by atoms with Crippen molar-refractivity contribution in [3.8, 4) is 0 Å². The van der Waals surface area contributed by atoms with Crippen LogP contribution in [0.5, 0.6) is 0 Å². The van der Waals surface area contributed by atoms with Crippen LogP contribution in [0.3, 0.4) is 0 Å². The summed E-state index contributed by atoms with van der Waals surface area (Å²) in [5, 5.41) is 98.6. The van der Waals surface area contributed by atoms with Gasteiger partial charge in [0.25, 0.3) is 0 Å². The topological polar surface area (TPSA) is 318 Å². The minimum absolute atomic E-state index is 0.0638. The van der Waals surface area contributed by atoms with E-state index >= 15 is 0 Å². The molecular formula is C56H88O22. The average molecular weight is 1110 g/mol. The van der Waals surface area contributed by atoms with Gasteiger partial charge in [-0.15, -0.1) is 0 Å². The fourth-order valence-electron chi connectivity index (χ4n) is 16.3. The van der Waals surface area contributed by atoms with Crippen LogP contribution in [-0.4, -0.2) is 214 Å². The largest absolute Gasteiger partial charge is 0.462 e. The molecule has 5 heterocycles. The van der Waals surface area contributed by atoms with Crippen molar-refractivity contribution in [2.45, 2.75) is 236 Å². The van der Waals surface area contributed by atoms with Crippen molar-refractivity contribution in [1.29, 1.82) is 0 Å². The molecule has 78 heavy (non-hydrogen) atoms. The van der Waals surface area contributed by atoms with Gasteiger partial charge in [-0.25, -0.2) is 0 Å². The molecule has 0 aromatic heterocycles. The first-order chi connectivity index (χ1) is 36.7. The molecular weight excluding hydrogens is 1020 g/mol. The maximum atomic E-state index is 14.6. The minimum Gasteiger partial charge on any atom is -0.462 e. The zero-order chi connectivity index (χ0) is 56.8. The minimum atomic E-state index is -1.82. The third kappa shape index (κ3) is 10.1. The second-order valence-electron chi connectivity index (χ2n) is 25.5. The third-order valence-corrected chi connectivity index (χ3v) is 20.3. The van der Waals surface area contributed by atoms with Gasteiger partial charge in [0.2, 0.25) is 0 Å². The molecule has 0 amide bonds. The van der Waals surface area contributed by atoms with Crippen molar-refractivity contribution in [1.82, 2.24) is 0 Å². The highest BCUT2D eigenvalue weighted by Gasteiger charge is 2.79. The molecule has 0 unspecified atom stereocenters. The van der Waals surface area contributed by atoms with Crippen LogP contribution < -0.4 is 0 Å². The fourth-order valence-corrected chi connectivity index (χ4v) is 16.3. The summed E-state index contributed by atoms with van der Waals surface area (Å²) in [7, 11) is 1.23. The van der Waals surface area contributed by atoms with Crippen LogP contribution in [0.15, 0.2) is 23.3 Å². The van der Waals surface area contributed by atoms with Crippen molar-refractivity contribution in [3.05, 3.63) is 23.3 Å². The SMILES string of the molecule is CO[C@@H]1[C@@H](O)[C@H](O[C@@H]2[C@@H](O)[C@H](O[C@H]3[C@H](O)[C@@H](O)[C@H](O[C@H]4[C@H](O[C@H]5CC[C@]6(C)[C@@H]7CC[C@]89C(=O)O[C@@](C)(CCC=C(C)C)[C@H]8[C@@H](OC(C)=O)C[C@@]9(C)C7=CC[C@H]6C5(C)C)OC[C@@H](CO)[C@@H]4O)O[C@@H]3C)OC[C@H]2O)O[C@H](CO)[C@H]1O. The van der Waals surface area contributed by atoms with Crippen molar-refractivity contribution < 1.29 is 108 Å². The molecule has 8 fully saturated rings. The molecule has 0 radical (unpaired) electrons. The zero-order valence-electron chi connectivity index (χ0n) is 46.8. The Morgan fingerprint density at radius 3 is 2.08 bits per heavy atom. The molecule has 9 rings (SSSR count). The summed E-state index contributed by atoms with van der Waals surface area (Å²) in [5.74, 6) is -1.46. The summed E-state index contributed by atoms with van der Waals surface area (Å²) in [6, 6.07) is 0. The summed E-state index contributed by atoms with van der Waals surface area (Å²) in [6.07, 6.45) is -16.0. The van der Waals surface area contributed by atoms with Gasteiger partial charge < -0.3 is 98.1 Å². The Hall–Kier alpha value is -2.30. The van der Waals surface area contributed by atoms with E-state index in [-0.39, 0.29) is 41.7 Å². The zero-order valence-corrected chi connectivity index (χ0v) is 46.8. The molecule has 1 spiro atoms. The van der Waals surface area contributed by atoms with Crippen molar-refractivity contribution in [3.63, 3.8) is 0 Å². The number of carbonyl (C=O) groups excluding carboxylic acids is 2. The van der Waals surface area contributed by atoms with E-state index in [4.69, 9.17) is 52.1 Å². The molecule has 5 aliphatic heterocycles. The molecule has 9 aliphatic rings. The van der Waals surface area contributed by atoms with Gasteiger partial charge in [-0.3, -0.25) is 9.59 Å². The van der Waals surface area contributed by atoms with Crippen LogP contribution in [0.1, 0.15) is 114 Å². The lowest BCUT2D eigenvalue weighted by molar-refractivity contribution is -0.382. The van der Waals surface area contributed by atoms with Gasteiger partial charge in [0, 0.05) is 25.4 Å². The third-order valence-electron chi connectivity index (χ3n) is 20.3. The summed E-state index contributed by atoms with van der Waals surface area (Å²) < 4.78 is 66.5. The van der Waals surface area contributed by atoms with Crippen LogP contribution in [0.4, 0.5) is 0 Å². The Bertz CT molecular complexity index is 2210. The van der Waals surface area contributed by atoms with E-state index in [9.17, 15) is 55.5 Å². The van der Waals surface area contributed by atoms with E-state index in [1.807, 2.05) is 6.92 Å². The normalized spacial score (nSPS) is 50.8. The van der Waals surface area contributed by atoms with Crippen molar-refractivity contribution >= 4 is 11.9 Å². The standard InChI is InChI=1S/C56H88O22/c1-25(2)12-11-17-55(9)46-32(72-27(4)59)20-54(8)30-13-14-34-52(5,6)35(16-18-53(34,7)29(30)15-19-56(46,54)51(67)78-55)74-50-45(36(61)28(21-57)23-69-50)77-48-39(64)38(63)42(26(3)71-48)75-47-40(65)43(31(60)24-70-47)76-49-41(66)44(68-10)37(62)33(22-58)73-49/h12-13,26,28-29,31-50,57-58,60-66H,11,14-24H2,1-10H3/t26-,28-,29-,31-,32+,33-,34+,35+,36+,37-,38-,39-,40-,41-,42-,43+,44+,45-,46-,47+,48+,49+,50+,53-,54+,55+,56-/m1/s1. The summed E-state index contributed by atoms with van der Waals surface area (Å²) in [6.45, 7) is 16.4. The monoisotopic (exact) mass is 1110 g/mol. The molecule has 5 saturated heterocycles. The number of esters is 2. The first kappa shape index (κ1) is 60.3. The van der Waals surface area contributed by atoms with Crippen LogP contribution in [0.2, 0.25) is 0 Å². The second-order valence-corrected chi connectivity index (χ2v) is 25.5. The van der Waals surface area contributed by atoms with Gasteiger partial charge in [-0.1, -0.05) is 51.0 Å². The maximum Gasteiger partial charge on any atom is 0.314 e. The summed E-state index contributed by atoms with van der Waals surface area (Å²) in [4.78, 5) is 27.4. The van der Waals surface area contributed by atoms with E-state index in [1.54, 1.807) is 0 Å².